The summed E-state index contributed by atoms with van der Waals surface area (Å²) in [6, 6.07) is 22.3. The molecule has 184 valence electrons. The number of carbonyl (C=O) groups excluding carboxylic acids is 1. The molecule has 1 amide bonds. The summed E-state index contributed by atoms with van der Waals surface area (Å²) in [4.78, 5) is 12.8. The van der Waals surface area contributed by atoms with Crippen molar-refractivity contribution in [3.63, 3.8) is 0 Å². The number of thioether (sulfide) groups is 1. The third-order valence-corrected chi connectivity index (χ3v) is 6.81. The Bertz CT molecular complexity index is 1370. The van der Waals surface area contributed by atoms with E-state index < -0.39 is 0 Å². The standard InChI is InChI=1S/C26H23ClN4O4S/c1-33-18-11-12-22-19(13-18)21(14-34-22)28-25(32)16-36-26-30-29-24(31(26)17-7-3-2-4-8-17)15-35-23-10-6-5-9-20(23)27/h2-13,21H,14-16H2,1H3,(H,28,32)/t21-/m0/s1. The topological polar surface area (TPSA) is 87.5 Å². The van der Waals surface area contributed by atoms with E-state index in [2.05, 4.69) is 15.5 Å². The Morgan fingerprint density at radius 1 is 1.14 bits per heavy atom. The van der Waals surface area contributed by atoms with Crippen LogP contribution in [0.1, 0.15) is 17.4 Å². The van der Waals surface area contributed by atoms with Crippen molar-refractivity contribution in [1.29, 1.82) is 0 Å². The first-order valence-corrected chi connectivity index (χ1v) is 12.6. The number of rotatable bonds is 9. The first kappa shape index (κ1) is 24.0. The molecule has 2 heterocycles. The van der Waals surface area contributed by atoms with Crippen LogP contribution < -0.4 is 19.5 Å². The van der Waals surface area contributed by atoms with Crippen LogP contribution in [-0.2, 0) is 11.4 Å². The largest absolute Gasteiger partial charge is 0.497 e. The van der Waals surface area contributed by atoms with Gasteiger partial charge in [-0.05, 0) is 42.5 Å². The molecule has 1 aromatic heterocycles. The van der Waals surface area contributed by atoms with Crippen molar-refractivity contribution < 1.29 is 19.0 Å². The number of fused-ring (bicyclic) bond motifs is 1. The zero-order chi connectivity index (χ0) is 24.9. The number of methoxy groups -OCH3 is 1. The summed E-state index contributed by atoms with van der Waals surface area (Å²) in [5.41, 5.74) is 1.77. The highest BCUT2D eigenvalue weighted by Gasteiger charge is 2.26. The van der Waals surface area contributed by atoms with E-state index in [-0.39, 0.29) is 24.3 Å². The normalized spacial score (nSPS) is 14.1. The lowest BCUT2D eigenvalue weighted by Gasteiger charge is -2.13. The average molecular weight is 523 g/mol. The predicted octanol–water partition coefficient (Wildman–Crippen LogP) is 4.85. The van der Waals surface area contributed by atoms with Gasteiger partial charge in [0.2, 0.25) is 5.91 Å². The highest BCUT2D eigenvalue weighted by molar-refractivity contribution is 7.99. The van der Waals surface area contributed by atoms with Crippen LogP contribution in [0.4, 0.5) is 0 Å². The fourth-order valence-corrected chi connectivity index (χ4v) is 4.81. The Labute approximate surface area is 217 Å². The van der Waals surface area contributed by atoms with E-state index in [1.165, 1.54) is 11.8 Å². The Kier molecular flexibility index (Phi) is 7.29. The van der Waals surface area contributed by atoms with Gasteiger partial charge < -0.3 is 19.5 Å². The highest BCUT2D eigenvalue weighted by Crippen LogP contribution is 2.35. The van der Waals surface area contributed by atoms with Crippen molar-refractivity contribution in [2.75, 3.05) is 19.5 Å². The van der Waals surface area contributed by atoms with Gasteiger partial charge in [-0.3, -0.25) is 9.36 Å². The molecule has 5 rings (SSSR count). The van der Waals surface area contributed by atoms with Crippen molar-refractivity contribution in [2.45, 2.75) is 17.8 Å². The smallest absolute Gasteiger partial charge is 0.231 e. The summed E-state index contributed by atoms with van der Waals surface area (Å²) in [7, 11) is 1.61. The Hall–Kier alpha value is -3.69. The molecule has 1 aliphatic rings. The van der Waals surface area contributed by atoms with Crippen LogP contribution in [0.3, 0.4) is 0 Å². The second-order valence-corrected chi connectivity index (χ2v) is 9.26. The third-order valence-electron chi connectivity index (χ3n) is 5.57. The van der Waals surface area contributed by atoms with E-state index in [4.69, 9.17) is 25.8 Å². The lowest BCUT2D eigenvalue weighted by Crippen LogP contribution is -2.30. The maximum Gasteiger partial charge on any atom is 0.231 e. The highest BCUT2D eigenvalue weighted by atomic mass is 35.5. The monoisotopic (exact) mass is 522 g/mol. The molecule has 1 N–H and O–H groups in total. The summed E-state index contributed by atoms with van der Waals surface area (Å²) >= 11 is 7.52. The first-order chi connectivity index (χ1) is 17.6. The van der Waals surface area contributed by atoms with Gasteiger partial charge in [-0.15, -0.1) is 10.2 Å². The number of hydrogen-bond donors (Lipinski definition) is 1. The van der Waals surface area contributed by atoms with Crippen LogP contribution in [-0.4, -0.2) is 40.1 Å². The second-order valence-electron chi connectivity index (χ2n) is 7.91. The van der Waals surface area contributed by atoms with E-state index in [0.717, 1.165) is 22.7 Å². The molecule has 0 saturated heterocycles. The number of amides is 1. The second kappa shape index (κ2) is 10.9. The van der Waals surface area contributed by atoms with Crippen LogP contribution in [0, 0.1) is 0 Å². The van der Waals surface area contributed by atoms with Crippen molar-refractivity contribution in [1.82, 2.24) is 20.1 Å². The van der Waals surface area contributed by atoms with E-state index in [0.29, 0.717) is 28.4 Å². The zero-order valence-electron chi connectivity index (χ0n) is 19.4. The van der Waals surface area contributed by atoms with Gasteiger partial charge in [0.05, 0.1) is 23.9 Å². The summed E-state index contributed by atoms with van der Waals surface area (Å²) in [6.45, 7) is 0.541. The molecule has 3 aromatic carbocycles. The Balaban J connectivity index is 1.29. The molecule has 0 saturated carbocycles. The molecule has 1 atom stereocenters. The van der Waals surface area contributed by atoms with Gasteiger partial charge in [0.15, 0.2) is 11.0 Å². The number of benzene rings is 3. The number of nitrogens with zero attached hydrogens (tertiary/aromatic N) is 3. The number of ether oxygens (including phenoxy) is 3. The molecular formula is C26H23ClN4O4S. The minimum Gasteiger partial charge on any atom is -0.497 e. The van der Waals surface area contributed by atoms with E-state index in [9.17, 15) is 4.79 Å². The molecule has 36 heavy (non-hydrogen) atoms. The summed E-state index contributed by atoms with van der Waals surface area (Å²) in [5.74, 6) is 2.64. The maximum atomic E-state index is 12.8. The van der Waals surface area contributed by atoms with Crippen molar-refractivity contribution in [3.05, 3.63) is 89.2 Å². The number of halogens is 1. The molecule has 10 heteroatoms. The fraction of sp³-hybridized carbons (Fsp3) is 0.192. The fourth-order valence-electron chi connectivity index (χ4n) is 3.83. The van der Waals surface area contributed by atoms with Gasteiger partial charge in [0.1, 0.15) is 30.5 Å². The van der Waals surface area contributed by atoms with Crippen molar-refractivity contribution >= 4 is 29.3 Å². The van der Waals surface area contributed by atoms with Gasteiger partial charge in [-0.2, -0.15) is 0 Å². The molecule has 0 bridgehead atoms. The number of carbonyl (C=O) groups is 1. The van der Waals surface area contributed by atoms with Crippen molar-refractivity contribution in [3.8, 4) is 22.9 Å². The van der Waals surface area contributed by atoms with Gasteiger partial charge in [-0.1, -0.05) is 53.7 Å². The van der Waals surface area contributed by atoms with Crippen LogP contribution in [0.5, 0.6) is 17.2 Å². The summed E-state index contributed by atoms with van der Waals surface area (Å²) in [5, 5.41) is 12.8. The molecule has 1 aliphatic heterocycles. The maximum absolute atomic E-state index is 12.8. The minimum atomic E-state index is -0.241. The van der Waals surface area contributed by atoms with Gasteiger partial charge in [-0.25, -0.2) is 0 Å². The third kappa shape index (κ3) is 5.27. The van der Waals surface area contributed by atoms with Crippen LogP contribution in [0.25, 0.3) is 5.69 Å². The lowest BCUT2D eigenvalue weighted by atomic mass is 10.1. The van der Waals surface area contributed by atoms with E-state index in [1.54, 1.807) is 19.2 Å². The van der Waals surface area contributed by atoms with E-state index in [1.807, 2.05) is 65.2 Å². The molecule has 0 unspecified atom stereocenters. The van der Waals surface area contributed by atoms with Gasteiger partial charge >= 0.3 is 0 Å². The number of para-hydroxylation sites is 2. The molecule has 0 aliphatic carbocycles. The quantitative estimate of drug-likeness (QED) is 0.314. The molecule has 0 radical (unpaired) electrons. The van der Waals surface area contributed by atoms with Gasteiger partial charge in [0, 0.05) is 11.3 Å². The summed E-state index contributed by atoms with van der Waals surface area (Å²) < 4.78 is 18.8. The molecule has 0 fully saturated rings. The Morgan fingerprint density at radius 3 is 2.75 bits per heavy atom. The molecular weight excluding hydrogens is 500 g/mol. The van der Waals surface area contributed by atoms with Crippen molar-refractivity contribution in [2.24, 2.45) is 0 Å². The average Bonchev–Trinajstić information content (AvgIpc) is 3.51. The molecule has 4 aromatic rings. The van der Waals surface area contributed by atoms with Crippen LogP contribution in [0.15, 0.2) is 78.0 Å². The predicted molar refractivity (Wildman–Crippen MR) is 137 cm³/mol. The summed E-state index contributed by atoms with van der Waals surface area (Å²) in [6.07, 6.45) is 0. The number of aromatic nitrogens is 3. The van der Waals surface area contributed by atoms with Gasteiger partial charge in [0.25, 0.3) is 0 Å². The van der Waals surface area contributed by atoms with Crippen LogP contribution in [0.2, 0.25) is 5.02 Å². The number of hydrogen-bond acceptors (Lipinski definition) is 7. The zero-order valence-corrected chi connectivity index (χ0v) is 21.0. The molecule has 0 spiro atoms. The minimum absolute atomic E-state index is 0.138. The number of nitrogens with one attached hydrogen (secondary N) is 1. The molecule has 8 nitrogen and oxygen atoms in total. The lowest BCUT2D eigenvalue weighted by molar-refractivity contribution is -0.119. The van der Waals surface area contributed by atoms with E-state index >= 15 is 0 Å². The first-order valence-electron chi connectivity index (χ1n) is 11.2. The SMILES string of the molecule is COc1ccc2c(c1)[C@@H](NC(=O)CSc1nnc(COc3ccccc3Cl)n1-c1ccccc1)CO2. The van der Waals surface area contributed by atoms with Crippen LogP contribution >= 0.6 is 23.4 Å². The Morgan fingerprint density at radius 2 is 1.94 bits per heavy atom.